The molecular formula is C23H21BrN4O2S. The average molecular weight is 497 g/mol. The van der Waals surface area contributed by atoms with E-state index < -0.39 is 10.0 Å². The second kappa shape index (κ2) is 8.28. The number of benzene rings is 3. The summed E-state index contributed by atoms with van der Waals surface area (Å²) >= 11 is 3.33. The number of rotatable bonds is 5. The number of hydrogen-bond donors (Lipinski definition) is 2. The molecule has 0 fully saturated rings. The molecule has 6 nitrogen and oxygen atoms in total. The van der Waals surface area contributed by atoms with Gasteiger partial charge in [-0.15, -0.1) is 0 Å². The molecule has 0 unspecified atom stereocenters. The molecular weight excluding hydrogens is 476 g/mol. The lowest BCUT2D eigenvalue weighted by Gasteiger charge is -2.17. The summed E-state index contributed by atoms with van der Waals surface area (Å²) in [7, 11) is -3.85. The van der Waals surface area contributed by atoms with E-state index in [2.05, 4.69) is 48.1 Å². The smallest absolute Gasteiger partial charge is 0.263 e. The van der Waals surface area contributed by atoms with Crippen molar-refractivity contribution < 1.29 is 8.42 Å². The summed E-state index contributed by atoms with van der Waals surface area (Å²) in [4.78, 5) is 9.35. The first-order valence-corrected chi connectivity index (χ1v) is 11.9. The second-order valence-electron chi connectivity index (χ2n) is 7.37. The summed E-state index contributed by atoms with van der Waals surface area (Å²) in [6.45, 7) is 6.04. The van der Waals surface area contributed by atoms with Gasteiger partial charge in [0.2, 0.25) is 0 Å². The van der Waals surface area contributed by atoms with Crippen molar-refractivity contribution in [2.24, 2.45) is 0 Å². The molecule has 4 aromatic rings. The number of para-hydroxylation sites is 2. The van der Waals surface area contributed by atoms with Crippen LogP contribution in [0.2, 0.25) is 0 Å². The summed E-state index contributed by atoms with van der Waals surface area (Å²) in [5.74, 6) is 0.482. The third-order valence-corrected chi connectivity index (χ3v) is 6.73. The summed E-state index contributed by atoms with van der Waals surface area (Å²) in [6, 6.07) is 17.9. The van der Waals surface area contributed by atoms with Crippen molar-refractivity contribution in [2.45, 2.75) is 25.7 Å². The number of aromatic nitrogens is 2. The summed E-state index contributed by atoms with van der Waals surface area (Å²) in [5.41, 5.74) is 5.36. The molecule has 1 heterocycles. The van der Waals surface area contributed by atoms with E-state index in [0.717, 1.165) is 26.9 Å². The summed E-state index contributed by atoms with van der Waals surface area (Å²) in [6.07, 6.45) is 0. The van der Waals surface area contributed by atoms with E-state index in [9.17, 15) is 8.42 Å². The largest absolute Gasteiger partial charge is 0.337 e. The van der Waals surface area contributed by atoms with Crippen LogP contribution in [-0.2, 0) is 10.0 Å². The van der Waals surface area contributed by atoms with Crippen LogP contribution in [0.3, 0.4) is 0 Å². The van der Waals surface area contributed by atoms with Crippen molar-refractivity contribution >= 4 is 54.3 Å². The first-order valence-electron chi connectivity index (χ1n) is 9.63. The van der Waals surface area contributed by atoms with Gasteiger partial charge in [-0.05, 0) is 68.3 Å². The molecule has 2 N–H and O–H groups in total. The maximum absolute atomic E-state index is 13.0. The molecule has 0 amide bonds. The number of nitrogens with zero attached hydrogens (tertiary/aromatic N) is 2. The van der Waals surface area contributed by atoms with Crippen LogP contribution in [0.4, 0.5) is 17.3 Å². The van der Waals surface area contributed by atoms with E-state index in [1.54, 1.807) is 18.2 Å². The molecule has 0 aliphatic carbocycles. The molecule has 0 saturated heterocycles. The molecule has 8 heteroatoms. The molecule has 31 heavy (non-hydrogen) atoms. The number of halogens is 1. The maximum atomic E-state index is 13.0. The van der Waals surface area contributed by atoms with Crippen molar-refractivity contribution in [3.63, 3.8) is 0 Å². The minimum atomic E-state index is -3.85. The number of sulfonamides is 1. The van der Waals surface area contributed by atoms with Gasteiger partial charge in [0.05, 0.1) is 15.9 Å². The Morgan fingerprint density at radius 2 is 1.35 bits per heavy atom. The topological polar surface area (TPSA) is 84.0 Å². The first kappa shape index (κ1) is 21.3. The van der Waals surface area contributed by atoms with Gasteiger partial charge in [-0.3, -0.25) is 4.72 Å². The average Bonchev–Trinajstić information content (AvgIpc) is 2.71. The molecule has 158 valence electrons. The zero-order valence-electron chi connectivity index (χ0n) is 17.3. The molecule has 3 aromatic carbocycles. The Kier molecular flexibility index (Phi) is 5.68. The second-order valence-corrected chi connectivity index (χ2v) is 9.97. The van der Waals surface area contributed by atoms with Crippen molar-refractivity contribution in [1.82, 2.24) is 9.97 Å². The Balaban J connectivity index is 1.81. The predicted octanol–water partition coefficient (Wildman–Crippen LogP) is 5.86. The lowest BCUT2D eigenvalue weighted by Crippen LogP contribution is -2.16. The Hall–Kier alpha value is -2.97. The van der Waals surface area contributed by atoms with Gasteiger partial charge in [0.15, 0.2) is 11.6 Å². The van der Waals surface area contributed by atoms with Gasteiger partial charge in [-0.25, -0.2) is 18.4 Å². The van der Waals surface area contributed by atoms with E-state index in [0.29, 0.717) is 16.9 Å². The first-order chi connectivity index (χ1) is 14.7. The van der Waals surface area contributed by atoms with Crippen LogP contribution in [0.25, 0.3) is 11.0 Å². The van der Waals surface area contributed by atoms with Crippen molar-refractivity contribution in [3.8, 4) is 0 Å². The molecule has 1 aromatic heterocycles. The summed E-state index contributed by atoms with van der Waals surface area (Å²) < 4.78 is 29.4. The van der Waals surface area contributed by atoms with Crippen LogP contribution in [-0.4, -0.2) is 18.4 Å². The Bertz CT molecular complexity index is 1360. The van der Waals surface area contributed by atoms with Crippen molar-refractivity contribution in [3.05, 3.63) is 81.8 Å². The quantitative estimate of drug-likeness (QED) is 0.361. The molecule has 0 aliphatic rings. The van der Waals surface area contributed by atoms with E-state index in [4.69, 9.17) is 0 Å². The maximum Gasteiger partial charge on any atom is 0.263 e. The number of aryl methyl sites for hydroxylation is 3. The van der Waals surface area contributed by atoms with Gasteiger partial charge in [-0.2, -0.15) is 0 Å². The number of anilines is 3. The molecule has 0 atom stereocenters. The van der Waals surface area contributed by atoms with E-state index in [1.807, 2.05) is 39.0 Å². The molecule has 0 spiro atoms. The van der Waals surface area contributed by atoms with Gasteiger partial charge in [-0.1, -0.05) is 45.8 Å². The molecule has 0 bridgehead atoms. The predicted molar refractivity (Wildman–Crippen MR) is 128 cm³/mol. The van der Waals surface area contributed by atoms with E-state index in [1.165, 1.54) is 12.1 Å². The van der Waals surface area contributed by atoms with E-state index in [-0.39, 0.29) is 10.7 Å². The third kappa shape index (κ3) is 4.55. The highest BCUT2D eigenvalue weighted by atomic mass is 79.9. The van der Waals surface area contributed by atoms with Crippen molar-refractivity contribution in [1.29, 1.82) is 0 Å². The fourth-order valence-electron chi connectivity index (χ4n) is 3.45. The minimum absolute atomic E-state index is 0.138. The lowest BCUT2D eigenvalue weighted by molar-refractivity contribution is 0.601. The number of fused-ring (bicyclic) bond motifs is 1. The van der Waals surface area contributed by atoms with Gasteiger partial charge in [0.25, 0.3) is 10.0 Å². The zero-order valence-corrected chi connectivity index (χ0v) is 19.7. The fourth-order valence-corrected chi connectivity index (χ4v) is 4.73. The van der Waals surface area contributed by atoms with Gasteiger partial charge in [0, 0.05) is 10.2 Å². The van der Waals surface area contributed by atoms with Crippen LogP contribution in [0.15, 0.2) is 70.0 Å². The SMILES string of the molecule is Cc1cc(C)c(Nc2nc3ccccc3nc2NS(=O)(=O)c2ccc(Br)cc2)c(C)c1. The van der Waals surface area contributed by atoms with Gasteiger partial charge < -0.3 is 5.32 Å². The van der Waals surface area contributed by atoms with Crippen LogP contribution in [0.1, 0.15) is 16.7 Å². The van der Waals surface area contributed by atoms with Crippen LogP contribution >= 0.6 is 15.9 Å². The molecule has 0 saturated carbocycles. The highest BCUT2D eigenvalue weighted by molar-refractivity contribution is 9.10. The van der Waals surface area contributed by atoms with Crippen LogP contribution < -0.4 is 10.0 Å². The zero-order chi connectivity index (χ0) is 22.2. The Morgan fingerprint density at radius 3 is 1.94 bits per heavy atom. The fraction of sp³-hybridized carbons (Fsp3) is 0.130. The van der Waals surface area contributed by atoms with Crippen molar-refractivity contribution in [2.75, 3.05) is 10.0 Å². The highest BCUT2D eigenvalue weighted by Crippen LogP contribution is 2.31. The number of nitrogens with one attached hydrogen (secondary N) is 2. The van der Waals surface area contributed by atoms with Crippen LogP contribution in [0.5, 0.6) is 0 Å². The minimum Gasteiger partial charge on any atom is -0.337 e. The monoisotopic (exact) mass is 496 g/mol. The standard InChI is InChI=1S/C23H21BrN4O2S/c1-14-12-15(2)21(16(3)13-14)27-22-23(26-20-7-5-4-6-19(20)25-22)28-31(29,30)18-10-8-17(24)9-11-18/h4-13H,1-3H3,(H,25,27)(H,26,28). The van der Waals surface area contributed by atoms with Gasteiger partial charge >= 0.3 is 0 Å². The molecule has 0 aliphatic heterocycles. The van der Waals surface area contributed by atoms with E-state index >= 15 is 0 Å². The lowest BCUT2D eigenvalue weighted by atomic mass is 10.1. The summed E-state index contributed by atoms with van der Waals surface area (Å²) in [5, 5.41) is 3.30. The normalized spacial score (nSPS) is 11.5. The number of hydrogen-bond acceptors (Lipinski definition) is 5. The van der Waals surface area contributed by atoms with Gasteiger partial charge in [0.1, 0.15) is 0 Å². The molecule has 4 rings (SSSR count). The Morgan fingerprint density at radius 1 is 0.806 bits per heavy atom. The third-order valence-electron chi connectivity index (χ3n) is 4.85. The Labute approximate surface area is 189 Å². The highest BCUT2D eigenvalue weighted by Gasteiger charge is 2.20. The van der Waals surface area contributed by atoms with Crippen LogP contribution in [0, 0.1) is 20.8 Å². The molecule has 0 radical (unpaired) electrons.